The number of carbonyl (C=O) groups is 1. The van der Waals surface area contributed by atoms with Crippen LogP contribution in [0.15, 0.2) is 42.5 Å². The molecule has 0 aromatic heterocycles. The van der Waals surface area contributed by atoms with Crippen molar-refractivity contribution in [2.24, 2.45) is 0 Å². The van der Waals surface area contributed by atoms with Gasteiger partial charge in [-0.1, -0.05) is 29.8 Å². The van der Waals surface area contributed by atoms with E-state index in [0.717, 1.165) is 5.56 Å². The lowest BCUT2D eigenvalue weighted by molar-refractivity contribution is -0.114. The van der Waals surface area contributed by atoms with Crippen molar-refractivity contribution >= 4 is 28.9 Å². The molecule has 0 aliphatic carbocycles. The van der Waals surface area contributed by atoms with Crippen LogP contribution in [0.2, 0.25) is 5.02 Å². The summed E-state index contributed by atoms with van der Waals surface area (Å²) in [4.78, 5) is 11.8. The van der Waals surface area contributed by atoms with E-state index in [4.69, 9.17) is 11.6 Å². The fourth-order valence-electron chi connectivity index (χ4n) is 1.70. The van der Waals surface area contributed by atoms with Gasteiger partial charge in [-0.3, -0.25) is 4.79 Å². The molecule has 0 atom stereocenters. The Bertz CT molecular complexity index is 631. The normalized spacial score (nSPS) is 10.2. The first kappa shape index (κ1) is 14.3. The van der Waals surface area contributed by atoms with Gasteiger partial charge in [-0.2, -0.15) is 0 Å². The third kappa shape index (κ3) is 3.71. The molecule has 2 aromatic rings. The highest BCUT2D eigenvalue weighted by Gasteiger charge is 2.07. The van der Waals surface area contributed by atoms with Crippen LogP contribution in [0.3, 0.4) is 0 Å². The summed E-state index contributed by atoms with van der Waals surface area (Å²) in [5, 5.41) is 5.87. The number of nitrogens with one attached hydrogen (secondary N) is 2. The Morgan fingerprint density at radius 1 is 1.20 bits per heavy atom. The van der Waals surface area contributed by atoms with E-state index in [9.17, 15) is 9.18 Å². The molecule has 2 N–H and O–H groups in total. The second-order valence-electron chi connectivity index (χ2n) is 4.36. The third-order valence-corrected chi connectivity index (χ3v) is 3.04. The van der Waals surface area contributed by atoms with Crippen LogP contribution in [0.5, 0.6) is 0 Å². The second kappa shape index (κ2) is 6.39. The van der Waals surface area contributed by atoms with Crippen molar-refractivity contribution in [2.75, 3.05) is 17.2 Å². The molecule has 0 heterocycles. The summed E-state index contributed by atoms with van der Waals surface area (Å²) in [6.45, 7) is 1.77. The van der Waals surface area contributed by atoms with Crippen LogP contribution in [-0.2, 0) is 4.79 Å². The van der Waals surface area contributed by atoms with Gasteiger partial charge in [0.1, 0.15) is 5.82 Å². The van der Waals surface area contributed by atoms with Gasteiger partial charge in [-0.15, -0.1) is 0 Å². The Morgan fingerprint density at radius 2 is 1.95 bits per heavy atom. The zero-order valence-corrected chi connectivity index (χ0v) is 11.7. The highest BCUT2D eigenvalue weighted by molar-refractivity contribution is 6.33. The van der Waals surface area contributed by atoms with Crippen molar-refractivity contribution in [1.29, 1.82) is 0 Å². The van der Waals surface area contributed by atoms with Gasteiger partial charge in [0.15, 0.2) is 0 Å². The molecule has 3 nitrogen and oxygen atoms in total. The molecule has 0 saturated heterocycles. The Kier molecular flexibility index (Phi) is 4.58. The molecule has 0 aliphatic rings. The maximum Gasteiger partial charge on any atom is 0.243 e. The lowest BCUT2D eigenvalue weighted by Crippen LogP contribution is -2.22. The number of anilines is 2. The minimum atomic E-state index is -0.379. The van der Waals surface area contributed by atoms with Crippen molar-refractivity contribution in [3.05, 3.63) is 58.9 Å². The summed E-state index contributed by atoms with van der Waals surface area (Å²) in [7, 11) is 0. The number of para-hydroxylation sites is 1. The van der Waals surface area contributed by atoms with Crippen LogP contribution < -0.4 is 10.6 Å². The molecule has 1 amide bonds. The largest absolute Gasteiger partial charge is 0.374 e. The highest BCUT2D eigenvalue weighted by Crippen LogP contribution is 2.20. The molecule has 0 fully saturated rings. The molecule has 0 aliphatic heterocycles. The summed E-state index contributed by atoms with van der Waals surface area (Å²) in [5.41, 5.74) is 1.66. The smallest absolute Gasteiger partial charge is 0.243 e. The van der Waals surface area contributed by atoms with Gasteiger partial charge >= 0.3 is 0 Å². The summed E-state index contributed by atoms with van der Waals surface area (Å²) < 4.78 is 13.6. The van der Waals surface area contributed by atoms with Gasteiger partial charge in [0.25, 0.3) is 0 Å². The van der Waals surface area contributed by atoms with Crippen molar-refractivity contribution in [2.45, 2.75) is 6.92 Å². The lowest BCUT2D eigenvalue weighted by atomic mass is 10.2. The van der Waals surface area contributed by atoms with Gasteiger partial charge in [0.05, 0.1) is 22.9 Å². The van der Waals surface area contributed by atoms with E-state index in [2.05, 4.69) is 10.6 Å². The maximum absolute atomic E-state index is 13.6. The minimum Gasteiger partial charge on any atom is -0.374 e. The van der Waals surface area contributed by atoms with Crippen molar-refractivity contribution < 1.29 is 9.18 Å². The SMILES string of the molecule is Cc1ccc(NCC(=O)Nc2ccccc2Cl)c(F)c1. The topological polar surface area (TPSA) is 41.1 Å². The number of benzene rings is 2. The Labute approximate surface area is 121 Å². The second-order valence-corrected chi connectivity index (χ2v) is 4.77. The maximum atomic E-state index is 13.6. The first-order chi connectivity index (χ1) is 9.56. The highest BCUT2D eigenvalue weighted by atomic mass is 35.5. The molecule has 5 heteroatoms. The van der Waals surface area contributed by atoms with Crippen LogP contribution in [-0.4, -0.2) is 12.5 Å². The first-order valence-electron chi connectivity index (χ1n) is 6.10. The van der Waals surface area contributed by atoms with Crippen LogP contribution in [0.1, 0.15) is 5.56 Å². The monoisotopic (exact) mass is 292 g/mol. The van der Waals surface area contributed by atoms with Gasteiger partial charge in [0, 0.05) is 0 Å². The first-order valence-corrected chi connectivity index (χ1v) is 6.48. The van der Waals surface area contributed by atoms with E-state index < -0.39 is 0 Å². The van der Waals surface area contributed by atoms with E-state index in [1.165, 1.54) is 6.07 Å². The molecule has 0 radical (unpaired) electrons. The number of rotatable bonds is 4. The number of hydrogen-bond donors (Lipinski definition) is 2. The average molecular weight is 293 g/mol. The number of hydrogen-bond acceptors (Lipinski definition) is 2. The zero-order valence-electron chi connectivity index (χ0n) is 10.9. The molecular weight excluding hydrogens is 279 g/mol. The van der Waals surface area contributed by atoms with E-state index in [0.29, 0.717) is 16.4 Å². The van der Waals surface area contributed by atoms with E-state index in [1.807, 2.05) is 0 Å². The molecule has 0 saturated carbocycles. The molecule has 2 aromatic carbocycles. The lowest BCUT2D eigenvalue weighted by Gasteiger charge is -2.09. The van der Waals surface area contributed by atoms with Crippen molar-refractivity contribution in [3.8, 4) is 0 Å². The van der Waals surface area contributed by atoms with E-state index in [1.54, 1.807) is 43.3 Å². The molecule has 0 unspecified atom stereocenters. The number of amides is 1. The molecule has 0 spiro atoms. The molecule has 0 bridgehead atoms. The number of carbonyl (C=O) groups excluding carboxylic acids is 1. The third-order valence-electron chi connectivity index (χ3n) is 2.71. The van der Waals surface area contributed by atoms with Gasteiger partial charge < -0.3 is 10.6 Å². The van der Waals surface area contributed by atoms with Crippen LogP contribution >= 0.6 is 11.6 Å². The van der Waals surface area contributed by atoms with Crippen LogP contribution in [0.25, 0.3) is 0 Å². The Hall–Kier alpha value is -2.07. The Morgan fingerprint density at radius 3 is 2.65 bits per heavy atom. The van der Waals surface area contributed by atoms with Gasteiger partial charge in [0.2, 0.25) is 5.91 Å². The van der Waals surface area contributed by atoms with Gasteiger partial charge in [-0.25, -0.2) is 4.39 Å². The summed E-state index contributed by atoms with van der Waals surface area (Å²) in [6.07, 6.45) is 0. The summed E-state index contributed by atoms with van der Waals surface area (Å²) >= 11 is 5.93. The number of halogens is 2. The van der Waals surface area contributed by atoms with E-state index in [-0.39, 0.29) is 18.3 Å². The van der Waals surface area contributed by atoms with Crippen LogP contribution in [0.4, 0.5) is 15.8 Å². The number of aryl methyl sites for hydroxylation is 1. The fraction of sp³-hybridized carbons (Fsp3) is 0.133. The molecule has 2 rings (SSSR count). The van der Waals surface area contributed by atoms with E-state index >= 15 is 0 Å². The van der Waals surface area contributed by atoms with Crippen LogP contribution in [0, 0.1) is 12.7 Å². The fourth-order valence-corrected chi connectivity index (χ4v) is 1.88. The van der Waals surface area contributed by atoms with Crippen molar-refractivity contribution in [3.63, 3.8) is 0 Å². The molecular formula is C15H14ClFN2O. The standard InChI is InChI=1S/C15H14ClFN2O/c1-10-6-7-14(12(17)8-10)18-9-15(20)19-13-5-3-2-4-11(13)16/h2-8,18H,9H2,1H3,(H,19,20). The summed E-state index contributed by atoms with van der Waals surface area (Å²) in [6, 6.07) is 11.7. The molecule has 20 heavy (non-hydrogen) atoms. The van der Waals surface area contributed by atoms with Crippen molar-refractivity contribution in [1.82, 2.24) is 0 Å². The minimum absolute atomic E-state index is 0.0365. The zero-order chi connectivity index (χ0) is 14.5. The average Bonchev–Trinajstić information content (AvgIpc) is 2.40. The summed E-state index contributed by atoms with van der Waals surface area (Å²) in [5.74, 6) is -0.673. The molecule has 104 valence electrons. The predicted molar refractivity (Wildman–Crippen MR) is 79.7 cm³/mol. The van der Waals surface area contributed by atoms with Gasteiger partial charge in [-0.05, 0) is 36.8 Å². The Balaban J connectivity index is 1.94. The quantitative estimate of drug-likeness (QED) is 0.899. The predicted octanol–water partition coefficient (Wildman–Crippen LogP) is 3.84.